The molecule has 3 unspecified atom stereocenters. The number of likely N-dealkylation sites (tertiary alicyclic amines) is 1. The van der Waals surface area contributed by atoms with Gasteiger partial charge in [0, 0.05) is 50.0 Å². The lowest BCUT2D eigenvalue weighted by Crippen LogP contribution is -2.42. The molecule has 128 valence electrons. The number of anilines is 1. The second-order valence-electron chi connectivity index (χ2n) is 5.86. The molecule has 1 saturated heterocycles. The first-order valence-electron chi connectivity index (χ1n) is 7.72. The van der Waals surface area contributed by atoms with Crippen molar-refractivity contribution in [2.24, 2.45) is 0 Å². The maximum atomic E-state index is 14.7. The Morgan fingerprint density at radius 3 is 2.96 bits per heavy atom. The van der Waals surface area contributed by atoms with Gasteiger partial charge in [-0.3, -0.25) is 4.90 Å². The molecule has 0 saturated carbocycles. The number of halogens is 2. The zero-order chi connectivity index (χ0) is 16.8. The van der Waals surface area contributed by atoms with E-state index in [2.05, 4.69) is 32.0 Å². The number of alkyl halides is 1. The van der Waals surface area contributed by atoms with Crippen molar-refractivity contribution < 1.29 is 9.13 Å². The van der Waals surface area contributed by atoms with E-state index >= 15 is 0 Å². The number of piperidine rings is 1. The van der Waals surface area contributed by atoms with Crippen LogP contribution in [-0.4, -0.2) is 50.6 Å². The molecular weight excluding hydrogens is 427 g/mol. The summed E-state index contributed by atoms with van der Waals surface area (Å²) in [6, 6.07) is 4.04. The van der Waals surface area contributed by atoms with Crippen molar-refractivity contribution in [3.63, 3.8) is 0 Å². The molecule has 7 heteroatoms. The van der Waals surface area contributed by atoms with Crippen LogP contribution in [0.25, 0.3) is 0 Å². The minimum atomic E-state index is -0.861. The fourth-order valence-electron chi connectivity index (χ4n) is 3.17. The lowest BCUT2D eigenvalue weighted by Gasteiger charge is -2.35. The second-order valence-corrected chi connectivity index (χ2v) is 7.92. The van der Waals surface area contributed by atoms with E-state index in [9.17, 15) is 4.39 Å². The monoisotopic (exact) mass is 451 g/mol. The molecule has 3 atom stereocenters. The van der Waals surface area contributed by atoms with Gasteiger partial charge in [-0.25, -0.2) is 4.39 Å². The molecule has 1 aliphatic rings. The highest BCUT2D eigenvalue weighted by Gasteiger charge is 2.31. The van der Waals surface area contributed by atoms with Crippen molar-refractivity contribution >= 4 is 40.3 Å². The average molecular weight is 451 g/mol. The summed E-state index contributed by atoms with van der Waals surface area (Å²) in [7, 11) is 1.68. The van der Waals surface area contributed by atoms with Crippen molar-refractivity contribution in [3.8, 4) is 0 Å². The van der Waals surface area contributed by atoms with E-state index in [4.69, 9.17) is 10.1 Å². The van der Waals surface area contributed by atoms with Gasteiger partial charge >= 0.3 is 0 Å². The first-order chi connectivity index (χ1) is 11.1. The van der Waals surface area contributed by atoms with E-state index in [-0.39, 0.29) is 5.92 Å². The Morgan fingerprint density at radius 1 is 1.57 bits per heavy atom. The third kappa shape index (κ3) is 4.84. The Labute approximate surface area is 152 Å². The maximum Gasteiger partial charge on any atom is 0.120 e. The molecule has 1 fully saturated rings. The van der Waals surface area contributed by atoms with Gasteiger partial charge in [0.05, 0.1) is 6.61 Å². The third-order valence-corrected chi connectivity index (χ3v) is 5.59. The van der Waals surface area contributed by atoms with Gasteiger partial charge in [0.2, 0.25) is 0 Å². The van der Waals surface area contributed by atoms with E-state index < -0.39 is 6.17 Å². The summed E-state index contributed by atoms with van der Waals surface area (Å²) in [5, 5.41) is 10.8. The largest absolute Gasteiger partial charge is 0.383 e. The maximum absolute atomic E-state index is 14.7. The Bertz CT molecular complexity index is 546. The molecule has 2 N–H and O–H groups in total. The Morgan fingerprint density at radius 2 is 2.35 bits per heavy atom. The summed E-state index contributed by atoms with van der Waals surface area (Å²) < 4.78 is 19.8. The molecule has 0 aromatic heterocycles. The zero-order valence-corrected chi connectivity index (χ0v) is 16.7. The van der Waals surface area contributed by atoms with Crippen molar-refractivity contribution in [1.29, 1.82) is 5.41 Å². The Balaban J connectivity index is 2.18. The number of ether oxygens (including phenoxy) is 1. The van der Waals surface area contributed by atoms with Crippen LogP contribution in [0.3, 0.4) is 0 Å². The van der Waals surface area contributed by atoms with Gasteiger partial charge in [0.15, 0.2) is 0 Å². The van der Waals surface area contributed by atoms with Crippen molar-refractivity contribution in [1.82, 2.24) is 4.90 Å². The molecule has 0 aliphatic carbocycles. The summed E-state index contributed by atoms with van der Waals surface area (Å²) in [4.78, 5) is 2.14. The van der Waals surface area contributed by atoms with Crippen molar-refractivity contribution in [2.75, 3.05) is 38.4 Å². The number of hydrogen-bond acceptors (Lipinski definition) is 4. The van der Waals surface area contributed by atoms with Gasteiger partial charge in [-0.1, -0.05) is 0 Å². The molecule has 1 aromatic carbocycles. The van der Waals surface area contributed by atoms with E-state index in [1.54, 1.807) is 7.11 Å². The minimum Gasteiger partial charge on any atom is -0.383 e. The quantitative estimate of drug-likeness (QED) is 0.373. The number of nitrogens with one attached hydrogen (secondary N) is 2. The number of nitrogens with zero attached hydrogens (tertiary/aromatic N) is 1. The average Bonchev–Trinajstić information content (AvgIpc) is 2.55. The number of rotatable bonds is 7. The predicted molar refractivity (Wildman–Crippen MR) is 106 cm³/mol. The first-order valence-corrected chi connectivity index (χ1v) is 11.8. The number of benzene rings is 1. The number of methoxy groups -OCH3 is 1. The highest BCUT2D eigenvalue weighted by Crippen LogP contribution is 2.36. The summed E-state index contributed by atoms with van der Waals surface area (Å²) in [5.74, 6) is -0.0633. The molecule has 23 heavy (non-hydrogen) atoms. The highest BCUT2D eigenvalue weighted by molar-refractivity contribution is 14.2. The van der Waals surface area contributed by atoms with Gasteiger partial charge in [-0.2, -0.15) is 0 Å². The molecule has 2 rings (SSSR count). The zero-order valence-electron chi connectivity index (χ0n) is 13.5. The van der Waals surface area contributed by atoms with Crippen LogP contribution in [0, 0.1) is 12.3 Å². The summed E-state index contributed by atoms with van der Waals surface area (Å²) >= 11 is 2.27. The highest BCUT2D eigenvalue weighted by atomic mass is 127. The van der Waals surface area contributed by atoms with Crippen LogP contribution >= 0.6 is 28.4 Å². The molecule has 1 heterocycles. The predicted octanol–water partition coefficient (Wildman–Crippen LogP) is 4.12. The minimum absolute atomic E-state index is 0.0633. The van der Waals surface area contributed by atoms with Crippen LogP contribution in [0.2, 0.25) is 0 Å². The lowest BCUT2D eigenvalue weighted by atomic mass is 9.84. The Kier molecular flexibility index (Phi) is 7.66. The van der Waals surface area contributed by atoms with E-state index in [0.717, 1.165) is 41.9 Å². The lowest BCUT2D eigenvalue weighted by molar-refractivity contribution is 0.0862. The van der Waals surface area contributed by atoms with E-state index in [0.29, 0.717) is 19.5 Å². The van der Waals surface area contributed by atoms with E-state index in [1.165, 1.54) is 6.21 Å². The van der Waals surface area contributed by atoms with Crippen LogP contribution in [0.1, 0.15) is 29.0 Å². The smallest absolute Gasteiger partial charge is 0.120 e. The van der Waals surface area contributed by atoms with Crippen LogP contribution in [0.15, 0.2) is 12.1 Å². The molecule has 0 radical (unpaired) electrons. The fraction of sp³-hybridized carbons (Fsp3) is 0.562. The summed E-state index contributed by atoms with van der Waals surface area (Å²) in [6.07, 6.45) is 1.84. The van der Waals surface area contributed by atoms with Crippen LogP contribution in [0.5, 0.6) is 0 Å². The molecule has 0 bridgehead atoms. The number of aryl methyl sites for hydroxylation is 1. The molecule has 0 spiro atoms. The van der Waals surface area contributed by atoms with Crippen LogP contribution in [-0.2, 0) is 4.74 Å². The van der Waals surface area contributed by atoms with E-state index in [1.807, 2.05) is 19.1 Å². The molecule has 1 aromatic rings. The van der Waals surface area contributed by atoms with Crippen molar-refractivity contribution in [3.05, 3.63) is 28.8 Å². The van der Waals surface area contributed by atoms with Gasteiger partial charge in [-0.15, -0.1) is 0 Å². The second kappa shape index (κ2) is 9.25. The molecule has 4 nitrogen and oxygen atoms in total. The normalized spacial score (nSPS) is 22.6. The third-order valence-electron chi connectivity index (χ3n) is 4.41. The molecule has 1 aliphatic heterocycles. The van der Waals surface area contributed by atoms with Crippen LogP contribution < -0.4 is 5.09 Å². The van der Waals surface area contributed by atoms with Gasteiger partial charge in [0.25, 0.3) is 0 Å². The molecular formula is C16H24FIN3OP. The fourth-order valence-corrected chi connectivity index (χ4v) is 4.36. The first kappa shape index (κ1) is 19.0. The molecule has 0 amide bonds. The van der Waals surface area contributed by atoms with Crippen molar-refractivity contribution in [2.45, 2.75) is 25.4 Å². The van der Waals surface area contributed by atoms with Gasteiger partial charge < -0.3 is 15.2 Å². The Hall–Kier alpha value is -0.300. The summed E-state index contributed by atoms with van der Waals surface area (Å²) in [6.45, 7) is 4.82. The standard InChI is InChI=1S/C16H24FIN3OP/c1-11-7-12(9-19)16(20-23-18)8-14(11)13-3-4-21(5-6-22-2)10-15(13)17/h7-9,13,15,19-20,23H,3-6,10H2,1-2H3. The number of hydrogen-bond donors (Lipinski definition) is 2. The summed E-state index contributed by atoms with van der Waals surface area (Å²) in [5.41, 5.74) is 3.95. The van der Waals surface area contributed by atoms with Gasteiger partial charge in [-0.05, 0) is 65.2 Å². The van der Waals surface area contributed by atoms with Gasteiger partial charge in [0.1, 0.15) is 6.17 Å². The SMILES string of the molecule is COCCN1CCC(c2cc(NPI)c(C=N)cc2C)C(F)C1. The van der Waals surface area contributed by atoms with Crippen LogP contribution in [0.4, 0.5) is 10.1 Å². The topological polar surface area (TPSA) is 48.4 Å².